The van der Waals surface area contributed by atoms with E-state index in [2.05, 4.69) is 5.32 Å². The maximum absolute atomic E-state index is 13.6. The fraction of sp³-hybridized carbons (Fsp3) is 0.467. The molecule has 2 rings (SSSR count). The molecule has 0 aliphatic heterocycles. The van der Waals surface area contributed by atoms with Crippen LogP contribution in [0.25, 0.3) is 0 Å². The third-order valence-electron chi connectivity index (χ3n) is 3.89. The molecule has 1 aromatic rings. The number of nitrogens with two attached hydrogens (primary N) is 1. The van der Waals surface area contributed by atoms with E-state index in [0.29, 0.717) is 0 Å². The molecule has 0 heterocycles. The summed E-state index contributed by atoms with van der Waals surface area (Å²) >= 11 is 5.02. The van der Waals surface area contributed by atoms with Gasteiger partial charge in [-0.05, 0) is 37.0 Å². The van der Waals surface area contributed by atoms with E-state index in [-0.39, 0.29) is 16.5 Å². The van der Waals surface area contributed by atoms with E-state index in [9.17, 15) is 13.6 Å². The highest BCUT2D eigenvalue weighted by atomic mass is 32.1. The lowest BCUT2D eigenvalue weighted by molar-refractivity contribution is 0.0927. The summed E-state index contributed by atoms with van der Waals surface area (Å²) in [6.07, 6.45) is 5.14. The number of carbonyl (C=O) groups excluding carboxylic acids is 1. The Morgan fingerprint density at radius 2 is 1.95 bits per heavy atom. The van der Waals surface area contributed by atoms with Gasteiger partial charge in [0.15, 0.2) is 0 Å². The zero-order chi connectivity index (χ0) is 15.4. The Morgan fingerprint density at radius 1 is 1.29 bits per heavy atom. The average molecular weight is 312 g/mol. The van der Waals surface area contributed by atoms with Gasteiger partial charge in [0.1, 0.15) is 11.6 Å². The third-order valence-corrected chi connectivity index (χ3v) is 4.14. The molecule has 1 aliphatic rings. The first-order chi connectivity index (χ1) is 9.99. The highest BCUT2D eigenvalue weighted by Gasteiger charge is 2.28. The van der Waals surface area contributed by atoms with Crippen LogP contribution in [0.15, 0.2) is 18.2 Å². The van der Waals surface area contributed by atoms with Gasteiger partial charge in [-0.25, -0.2) is 8.78 Å². The normalized spacial score (nSPS) is 17.2. The zero-order valence-electron chi connectivity index (χ0n) is 11.6. The maximum Gasteiger partial charge on any atom is 0.254 e. The molecule has 0 bridgehead atoms. The Bertz CT molecular complexity index is 544. The third kappa shape index (κ3) is 3.97. The first-order valence-corrected chi connectivity index (χ1v) is 7.45. The molecule has 3 nitrogen and oxygen atoms in total. The lowest BCUT2D eigenvalue weighted by Crippen LogP contribution is -2.49. The highest BCUT2D eigenvalue weighted by Crippen LogP contribution is 2.27. The maximum atomic E-state index is 13.6. The van der Waals surface area contributed by atoms with Gasteiger partial charge in [-0.1, -0.05) is 31.5 Å². The first kappa shape index (κ1) is 15.8. The molecule has 1 unspecified atom stereocenters. The number of halogens is 2. The molecule has 1 atom stereocenters. The number of benzene rings is 1. The number of nitrogens with one attached hydrogen (secondary N) is 1. The topological polar surface area (TPSA) is 55.1 Å². The minimum atomic E-state index is -0.765. The summed E-state index contributed by atoms with van der Waals surface area (Å²) in [4.78, 5) is 12.3. The second-order valence-electron chi connectivity index (χ2n) is 5.38. The van der Waals surface area contributed by atoms with Crippen LogP contribution in [0.2, 0.25) is 0 Å². The van der Waals surface area contributed by atoms with Crippen molar-refractivity contribution in [2.75, 3.05) is 0 Å². The molecule has 1 aromatic carbocycles. The lowest BCUT2D eigenvalue weighted by atomic mass is 9.83. The standard InChI is InChI=1S/C15H18F2N2OS/c16-10-6-7-12(17)11(8-10)15(20)19-13(14(18)21)9-4-2-1-3-5-9/h6-9,13H,1-5H2,(H2,18,21)(H,19,20). The van der Waals surface area contributed by atoms with Crippen molar-refractivity contribution in [2.45, 2.75) is 38.1 Å². The van der Waals surface area contributed by atoms with Gasteiger partial charge >= 0.3 is 0 Å². The summed E-state index contributed by atoms with van der Waals surface area (Å²) in [7, 11) is 0. The molecular formula is C15H18F2N2OS. The molecule has 6 heteroatoms. The largest absolute Gasteiger partial charge is 0.392 e. The van der Waals surface area contributed by atoms with Crippen molar-refractivity contribution in [2.24, 2.45) is 11.7 Å². The number of carbonyl (C=O) groups is 1. The lowest BCUT2D eigenvalue weighted by Gasteiger charge is -2.30. The Kier molecular flexibility index (Phi) is 5.22. The van der Waals surface area contributed by atoms with Crippen molar-refractivity contribution < 1.29 is 13.6 Å². The molecule has 114 valence electrons. The van der Waals surface area contributed by atoms with Gasteiger partial charge in [0, 0.05) is 0 Å². The van der Waals surface area contributed by atoms with Crippen LogP contribution in [-0.2, 0) is 0 Å². The Labute approximate surface area is 127 Å². The van der Waals surface area contributed by atoms with E-state index in [1.807, 2.05) is 0 Å². The highest BCUT2D eigenvalue weighted by molar-refractivity contribution is 7.80. The Balaban J connectivity index is 2.14. The molecule has 0 spiro atoms. The molecule has 1 amide bonds. The van der Waals surface area contributed by atoms with Gasteiger partial charge in [0.25, 0.3) is 5.91 Å². The monoisotopic (exact) mass is 312 g/mol. The zero-order valence-corrected chi connectivity index (χ0v) is 12.4. The fourth-order valence-electron chi connectivity index (χ4n) is 2.78. The van der Waals surface area contributed by atoms with Crippen molar-refractivity contribution in [3.8, 4) is 0 Å². The molecule has 0 radical (unpaired) electrons. The van der Waals surface area contributed by atoms with E-state index in [1.165, 1.54) is 0 Å². The number of rotatable bonds is 4. The van der Waals surface area contributed by atoms with Crippen LogP contribution in [-0.4, -0.2) is 16.9 Å². The van der Waals surface area contributed by atoms with Crippen LogP contribution < -0.4 is 11.1 Å². The molecule has 0 aromatic heterocycles. The van der Waals surface area contributed by atoms with Gasteiger partial charge in [-0.15, -0.1) is 0 Å². The summed E-state index contributed by atoms with van der Waals surface area (Å²) in [5.74, 6) is -1.95. The second-order valence-corrected chi connectivity index (χ2v) is 5.85. The first-order valence-electron chi connectivity index (χ1n) is 7.04. The van der Waals surface area contributed by atoms with E-state index in [1.54, 1.807) is 0 Å². The minimum Gasteiger partial charge on any atom is -0.392 e. The number of hydrogen-bond acceptors (Lipinski definition) is 2. The number of hydrogen-bond donors (Lipinski definition) is 2. The van der Waals surface area contributed by atoms with Gasteiger partial charge < -0.3 is 11.1 Å². The van der Waals surface area contributed by atoms with Crippen LogP contribution >= 0.6 is 12.2 Å². The van der Waals surface area contributed by atoms with Gasteiger partial charge in [-0.3, -0.25) is 4.79 Å². The van der Waals surface area contributed by atoms with Crippen molar-refractivity contribution in [3.05, 3.63) is 35.4 Å². The van der Waals surface area contributed by atoms with Crippen LogP contribution in [0.4, 0.5) is 8.78 Å². The van der Waals surface area contributed by atoms with E-state index < -0.39 is 23.6 Å². The second kappa shape index (κ2) is 6.93. The summed E-state index contributed by atoms with van der Waals surface area (Å²) in [6.45, 7) is 0. The Hall–Kier alpha value is -1.56. The molecule has 1 aliphatic carbocycles. The molecule has 0 saturated heterocycles. The average Bonchev–Trinajstić information content (AvgIpc) is 2.47. The number of thiocarbonyl (C=S) groups is 1. The van der Waals surface area contributed by atoms with Crippen LogP contribution in [0, 0.1) is 17.6 Å². The van der Waals surface area contributed by atoms with Crippen molar-refractivity contribution in [1.29, 1.82) is 0 Å². The fourth-order valence-corrected chi connectivity index (χ4v) is 3.03. The molecule has 1 saturated carbocycles. The molecular weight excluding hydrogens is 294 g/mol. The van der Waals surface area contributed by atoms with E-state index in [4.69, 9.17) is 18.0 Å². The van der Waals surface area contributed by atoms with Crippen molar-refractivity contribution >= 4 is 23.1 Å². The summed E-state index contributed by atoms with van der Waals surface area (Å²) in [5.41, 5.74) is 5.38. The predicted octanol–water partition coefficient (Wildman–Crippen LogP) is 2.93. The van der Waals surface area contributed by atoms with Crippen LogP contribution in [0.1, 0.15) is 42.5 Å². The van der Waals surface area contributed by atoms with Crippen LogP contribution in [0.5, 0.6) is 0 Å². The van der Waals surface area contributed by atoms with E-state index >= 15 is 0 Å². The van der Waals surface area contributed by atoms with Crippen molar-refractivity contribution in [3.63, 3.8) is 0 Å². The van der Waals surface area contributed by atoms with Gasteiger partial charge in [0.05, 0.1) is 16.6 Å². The molecule has 21 heavy (non-hydrogen) atoms. The van der Waals surface area contributed by atoms with Gasteiger partial charge in [-0.2, -0.15) is 0 Å². The minimum absolute atomic E-state index is 0.164. The smallest absolute Gasteiger partial charge is 0.254 e. The quantitative estimate of drug-likeness (QED) is 0.841. The van der Waals surface area contributed by atoms with Crippen LogP contribution in [0.3, 0.4) is 0 Å². The summed E-state index contributed by atoms with van der Waals surface area (Å²) in [6, 6.07) is 2.30. The Morgan fingerprint density at radius 3 is 2.57 bits per heavy atom. The SMILES string of the molecule is NC(=S)C(NC(=O)c1cc(F)ccc1F)C1CCCCC1. The van der Waals surface area contributed by atoms with Crippen molar-refractivity contribution in [1.82, 2.24) is 5.32 Å². The van der Waals surface area contributed by atoms with Gasteiger partial charge in [0.2, 0.25) is 0 Å². The summed E-state index contributed by atoms with van der Waals surface area (Å²) < 4.78 is 26.8. The number of amides is 1. The predicted molar refractivity (Wildman–Crippen MR) is 81.0 cm³/mol. The molecule has 1 fully saturated rings. The molecule has 3 N–H and O–H groups in total. The van der Waals surface area contributed by atoms with E-state index in [0.717, 1.165) is 50.3 Å². The summed E-state index contributed by atoms with van der Waals surface area (Å²) in [5, 5.41) is 2.66.